The Morgan fingerprint density at radius 2 is 1.67 bits per heavy atom. The Balaban J connectivity index is 1.85. The third-order valence-corrected chi connectivity index (χ3v) is 4.15. The lowest BCUT2D eigenvalue weighted by Gasteiger charge is -2.13. The zero-order valence-corrected chi connectivity index (χ0v) is 16.0. The van der Waals surface area contributed by atoms with Crippen LogP contribution in [-0.4, -0.2) is 24.2 Å². The summed E-state index contributed by atoms with van der Waals surface area (Å²) in [5.41, 5.74) is 3.97. The Kier molecular flexibility index (Phi) is 5.76. The quantitative estimate of drug-likeness (QED) is 0.624. The molecule has 0 atom stereocenters. The van der Waals surface area contributed by atoms with Crippen LogP contribution in [0.25, 0.3) is 0 Å². The molecule has 0 aliphatic rings. The van der Waals surface area contributed by atoms with Gasteiger partial charge in [0.2, 0.25) is 5.95 Å². The monoisotopic (exact) mass is 364 g/mol. The molecular weight excluding hydrogens is 340 g/mol. The van der Waals surface area contributed by atoms with Crippen LogP contribution >= 0.6 is 0 Å². The summed E-state index contributed by atoms with van der Waals surface area (Å²) >= 11 is 0. The van der Waals surface area contributed by atoms with Crippen LogP contribution in [0.4, 0.5) is 23.1 Å². The lowest BCUT2D eigenvalue weighted by Crippen LogP contribution is -2.03. The van der Waals surface area contributed by atoms with E-state index in [1.165, 1.54) is 5.56 Å². The maximum absolute atomic E-state index is 5.35. The first-order valence-electron chi connectivity index (χ1n) is 8.82. The van der Waals surface area contributed by atoms with Crippen molar-refractivity contribution in [1.82, 2.24) is 9.97 Å². The Morgan fingerprint density at radius 1 is 0.889 bits per heavy atom. The number of aryl methyl sites for hydroxylation is 2. The van der Waals surface area contributed by atoms with E-state index in [9.17, 15) is 0 Å². The standard InChI is InChI=1S/C21H24N4O2/c1-5-15-8-6-7-9-17(15)24-20-12-14(2)22-21(25-20)23-16-10-11-18(26-3)19(13-16)27-4/h6-13H,5H2,1-4H3,(H2,22,23,24,25). The molecule has 0 amide bonds. The predicted octanol–water partition coefficient (Wildman–Crippen LogP) is 4.85. The number of aromatic nitrogens is 2. The molecule has 2 aromatic carbocycles. The fourth-order valence-electron chi connectivity index (χ4n) is 2.82. The fourth-order valence-corrected chi connectivity index (χ4v) is 2.82. The van der Waals surface area contributed by atoms with Gasteiger partial charge in [-0.3, -0.25) is 0 Å². The first kappa shape index (κ1) is 18.5. The molecule has 0 saturated heterocycles. The normalized spacial score (nSPS) is 10.4. The van der Waals surface area contributed by atoms with Gasteiger partial charge in [-0.25, -0.2) is 4.98 Å². The van der Waals surface area contributed by atoms with Crippen LogP contribution in [0.2, 0.25) is 0 Å². The van der Waals surface area contributed by atoms with Gasteiger partial charge in [0.25, 0.3) is 0 Å². The molecule has 0 aliphatic carbocycles. The zero-order chi connectivity index (χ0) is 19.2. The first-order chi connectivity index (χ1) is 13.1. The van der Waals surface area contributed by atoms with Crippen molar-refractivity contribution in [3.8, 4) is 11.5 Å². The van der Waals surface area contributed by atoms with E-state index in [-0.39, 0.29) is 0 Å². The van der Waals surface area contributed by atoms with Crippen LogP contribution in [0.3, 0.4) is 0 Å². The molecule has 1 aromatic heterocycles. The van der Waals surface area contributed by atoms with E-state index in [0.29, 0.717) is 17.4 Å². The van der Waals surface area contributed by atoms with E-state index in [0.717, 1.165) is 29.3 Å². The predicted molar refractivity (Wildman–Crippen MR) is 109 cm³/mol. The second-order valence-electron chi connectivity index (χ2n) is 6.05. The van der Waals surface area contributed by atoms with Gasteiger partial charge in [-0.05, 0) is 37.1 Å². The van der Waals surface area contributed by atoms with Crippen molar-refractivity contribution < 1.29 is 9.47 Å². The Morgan fingerprint density at radius 3 is 2.41 bits per heavy atom. The van der Waals surface area contributed by atoms with Crippen LogP contribution in [-0.2, 0) is 6.42 Å². The molecule has 1 heterocycles. The zero-order valence-electron chi connectivity index (χ0n) is 16.0. The molecule has 0 radical (unpaired) electrons. The highest BCUT2D eigenvalue weighted by Gasteiger charge is 2.08. The number of nitrogens with zero attached hydrogens (tertiary/aromatic N) is 2. The van der Waals surface area contributed by atoms with Crippen molar-refractivity contribution in [2.45, 2.75) is 20.3 Å². The van der Waals surface area contributed by atoms with Gasteiger partial charge in [-0.15, -0.1) is 0 Å². The van der Waals surface area contributed by atoms with Gasteiger partial charge >= 0.3 is 0 Å². The summed E-state index contributed by atoms with van der Waals surface area (Å²) in [5, 5.41) is 6.62. The molecule has 0 aliphatic heterocycles. The molecule has 0 unspecified atom stereocenters. The van der Waals surface area contributed by atoms with Crippen molar-refractivity contribution in [3.63, 3.8) is 0 Å². The van der Waals surface area contributed by atoms with Gasteiger partial charge < -0.3 is 20.1 Å². The van der Waals surface area contributed by atoms with Crippen LogP contribution in [0.5, 0.6) is 11.5 Å². The Hall–Kier alpha value is -3.28. The average molecular weight is 364 g/mol. The van der Waals surface area contributed by atoms with E-state index < -0.39 is 0 Å². The summed E-state index contributed by atoms with van der Waals surface area (Å²) < 4.78 is 10.6. The third-order valence-electron chi connectivity index (χ3n) is 4.15. The minimum Gasteiger partial charge on any atom is -0.493 e. The van der Waals surface area contributed by atoms with Crippen molar-refractivity contribution >= 4 is 23.1 Å². The summed E-state index contributed by atoms with van der Waals surface area (Å²) in [4.78, 5) is 9.07. The van der Waals surface area contributed by atoms with Crippen LogP contribution < -0.4 is 20.1 Å². The highest BCUT2D eigenvalue weighted by Crippen LogP contribution is 2.31. The van der Waals surface area contributed by atoms with E-state index in [2.05, 4.69) is 39.7 Å². The van der Waals surface area contributed by atoms with Gasteiger partial charge in [0.1, 0.15) is 5.82 Å². The highest BCUT2D eigenvalue weighted by atomic mass is 16.5. The molecule has 0 bridgehead atoms. The van der Waals surface area contributed by atoms with E-state index in [1.807, 2.05) is 43.3 Å². The number of methoxy groups -OCH3 is 2. The molecule has 3 rings (SSSR count). The number of benzene rings is 2. The minimum absolute atomic E-state index is 0.513. The van der Waals surface area contributed by atoms with Gasteiger partial charge in [0.05, 0.1) is 14.2 Å². The number of hydrogen-bond acceptors (Lipinski definition) is 6. The second-order valence-corrected chi connectivity index (χ2v) is 6.05. The number of rotatable bonds is 7. The third kappa shape index (κ3) is 4.47. The molecular formula is C21H24N4O2. The lowest BCUT2D eigenvalue weighted by molar-refractivity contribution is 0.355. The van der Waals surface area contributed by atoms with Gasteiger partial charge in [-0.1, -0.05) is 25.1 Å². The van der Waals surface area contributed by atoms with Gasteiger partial charge in [-0.2, -0.15) is 4.98 Å². The molecule has 0 spiro atoms. The summed E-state index contributed by atoms with van der Waals surface area (Å²) in [7, 11) is 3.22. The smallest absolute Gasteiger partial charge is 0.229 e. The van der Waals surface area contributed by atoms with E-state index in [4.69, 9.17) is 9.47 Å². The molecule has 0 fully saturated rings. The fraction of sp³-hybridized carbons (Fsp3) is 0.238. The number of nitrogens with one attached hydrogen (secondary N) is 2. The summed E-state index contributed by atoms with van der Waals surface area (Å²) in [6, 6.07) is 15.7. The summed E-state index contributed by atoms with van der Waals surface area (Å²) in [6.07, 6.45) is 0.948. The number of ether oxygens (including phenoxy) is 2. The molecule has 27 heavy (non-hydrogen) atoms. The maximum Gasteiger partial charge on any atom is 0.229 e. The summed E-state index contributed by atoms with van der Waals surface area (Å²) in [6.45, 7) is 4.08. The molecule has 3 aromatic rings. The highest BCUT2D eigenvalue weighted by molar-refractivity contribution is 5.64. The minimum atomic E-state index is 0.513. The first-order valence-corrected chi connectivity index (χ1v) is 8.82. The average Bonchev–Trinajstić information content (AvgIpc) is 2.67. The van der Waals surface area contributed by atoms with Crippen LogP contribution in [0.15, 0.2) is 48.5 Å². The number of hydrogen-bond donors (Lipinski definition) is 2. The van der Waals surface area contributed by atoms with E-state index >= 15 is 0 Å². The van der Waals surface area contributed by atoms with E-state index in [1.54, 1.807) is 14.2 Å². The van der Waals surface area contributed by atoms with Crippen molar-refractivity contribution in [2.24, 2.45) is 0 Å². The van der Waals surface area contributed by atoms with Crippen molar-refractivity contribution in [2.75, 3.05) is 24.9 Å². The number of para-hydroxylation sites is 1. The van der Waals surface area contributed by atoms with Crippen LogP contribution in [0, 0.1) is 6.92 Å². The largest absolute Gasteiger partial charge is 0.493 e. The summed E-state index contributed by atoms with van der Waals surface area (Å²) in [5.74, 6) is 2.57. The lowest BCUT2D eigenvalue weighted by atomic mass is 10.1. The molecule has 6 nitrogen and oxygen atoms in total. The van der Waals surface area contributed by atoms with Gasteiger partial charge in [0.15, 0.2) is 11.5 Å². The Labute approximate surface area is 159 Å². The Bertz CT molecular complexity index is 928. The SMILES string of the molecule is CCc1ccccc1Nc1cc(C)nc(Nc2ccc(OC)c(OC)c2)n1. The number of anilines is 4. The molecule has 2 N–H and O–H groups in total. The molecule has 6 heteroatoms. The van der Waals surface area contributed by atoms with Crippen molar-refractivity contribution in [3.05, 3.63) is 59.8 Å². The second kappa shape index (κ2) is 8.40. The van der Waals surface area contributed by atoms with Gasteiger partial charge in [0, 0.05) is 29.2 Å². The molecule has 0 saturated carbocycles. The topological polar surface area (TPSA) is 68.3 Å². The maximum atomic E-state index is 5.35. The van der Waals surface area contributed by atoms with Crippen LogP contribution in [0.1, 0.15) is 18.2 Å². The molecule has 140 valence electrons. The van der Waals surface area contributed by atoms with Crippen molar-refractivity contribution in [1.29, 1.82) is 0 Å².